The topological polar surface area (TPSA) is 70.0 Å². The van der Waals surface area contributed by atoms with Crippen molar-refractivity contribution in [3.63, 3.8) is 0 Å². The average Bonchev–Trinajstić information content (AvgIpc) is 2.73. The molecule has 5 nitrogen and oxygen atoms in total. The minimum Gasteiger partial charge on any atom is -0.481 e. The van der Waals surface area contributed by atoms with Crippen molar-refractivity contribution in [2.75, 3.05) is 13.1 Å². The molecule has 0 aromatic carbocycles. The van der Waals surface area contributed by atoms with E-state index >= 15 is 0 Å². The highest BCUT2D eigenvalue weighted by Crippen LogP contribution is 2.46. The van der Waals surface area contributed by atoms with Crippen LogP contribution in [-0.2, 0) is 9.53 Å². The van der Waals surface area contributed by atoms with E-state index in [1.165, 1.54) is 4.90 Å². The van der Waals surface area contributed by atoms with E-state index in [1.54, 1.807) is 20.8 Å². The van der Waals surface area contributed by atoms with E-state index in [9.17, 15) is 23.8 Å². The zero-order chi connectivity index (χ0) is 15.8. The van der Waals surface area contributed by atoms with E-state index in [-0.39, 0.29) is 13.0 Å². The standard InChI is InChI=1S/C13H21F2NO4/c1-5-13(14,15)12(9(17)18)6-7-16(8-12)10(19)20-11(2,3)4/h5,10,19H,1,6-8H2,2-4H3,(H,17,18). The number of alkyl halides is 2. The van der Waals surface area contributed by atoms with Gasteiger partial charge >= 0.3 is 5.97 Å². The molecule has 1 heterocycles. The number of carbonyl (C=O) groups is 1. The van der Waals surface area contributed by atoms with Gasteiger partial charge in [-0.25, -0.2) is 8.78 Å². The number of hydrogen-bond donors (Lipinski definition) is 2. The molecule has 1 saturated heterocycles. The van der Waals surface area contributed by atoms with Gasteiger partial charge in [-0.2, -0.15) is 0 Å². The van der Waals surface area contributed by atoms with Crippen LogP contribution in [0.25, 0.3) is 0 Å². The van der Waals surface area contributed by atoms with E-state index in [0.29, 0.717) is 6.08 Å². The van der Waals surface area contributed by atoms with E-state index in [2.05, 4.69) is 6.58 Å². The van der Waals surface area contributed by atoms with Crippen LogP contribution in [0.15, 0.2) is 12.7 Å². The predicted molar refractivity (Wildman–Crippen MR) is 68.2 cm³/mol. The highest BCUT2D eigenvalue weighted by atomic mass is 19.3. The number of aliphatic carboxylic acids is 1. The van der Waals surface area contributed by atoms with Crippen LogP contribution in [0, 0.1) is 5.41 Å². The van der Waals surface area contributed by atoms with Gasteiger partial charge in [0.1, 0.15) is 5.41 Å². The summed E-state index contributed by atoms with van der Waals surface area (Å²) in [6.45, 7) is 7.62. The summed E-state index contributed by atoms with van der Waals surface area (Å²) in [6.07, 6.45) is -1.36. The summed E-state index contributed by atoms with van der Waals surface area (Å²) >= 11 is 0. The number of halogens is 2. The molecule has 2 unspecified atom stereocenters. The van der Waals surface area contributed by atoms with Crippen LogP contribution < -0.4 is 0 Å². The highest BCUT2D eigenvalue weighted by molar-refractivity contribution is 5.77. The first-order valence-corrected chi connectivity index (χ1v) is 6.30. The lowest BCUT2D eigenvalue weighted by Crippen LogP contribution is -2.50. The van der Waals surface area contributed by atoms with E-state index < -0.39 is 35.9 Å². The quantitative estimate of drug-likeness (QED) is 0.596. The molecule has 7 heteroatoms. The summed E-state index contributed by atoms with van der Waals surface area (Å²) in [6, 6.07) is 0. The van der Waals surface area contributed by atoms with Gasteiger partial charge in [0, 0.05) is 13.1 Å². The van der Waals surface area contributed by atoms with Gasteiger partial charge in [0.25, 0.3) is 5.92 Å². The van der Waals surface area contributed by atoms with Gasteiger partial charge in [0.05, 0.1) is 5.60 Å². The molecule has 0 aliphatic carbocycles. The van der Waals surface area contributed by atoms with Crippen molar-refractivity contribution in [1.29, 1.82) is 0 Å². The second kappa shape index (κ2) is 5.38. The van der Waals surface area contributed by atoms with Crippen LogP contribution in [0.2, 0.25) is 0 Å². The van der Waals surface area contributed by atoms with Gasteiger partial charge in [-0.05, 0) is 33.3 Å². The molecule has 116 valence electrons. The second-order valence-corrected chi connectivity index (χ2v) is 5.99. The van der Waals surface area contributed by atoms with Gasteiger partial charge < -0.3 is 14.9 Å². The van der Waals surface area contributed by atoms with Crippen LogP contribution in [0.4, 0.5) is 8.78 Å². The lowest BCUT2D eigenvalue weighted by Gasteiger charge is -2.33. The molecular weight excluding hydrogens is 272 g/mol. The third-order valence-electron chi connectivity index (χ3n) is 3.37. The van der Waals surface area contributed by atoms with Crippen molar-refractivity contribution in [3.8, 4) is 0 Å². The normalized spacial score (nSPS) is 26.5. The Morgan fingerprint density at radius 2 is 2.05 bits per heavy atom. The summed E-state index contributed by atoms with van der Waals surface area (Å²) in [7, 11) is 0. The van der Waals surface area contributed by atoms with Crippen LogP contribution in [0.1, 0.15) is 27.2 Å². The Hall–Kier alpha value is -1.05. The second-order valence-electron chi connectivity index (χ2n) is 5.99. The number of aliphatic hydroxyl groups is 1. The Labute approximate surface area is 116 Å². The van der Waals surface area contributed by atoms with E-state index in [1.807, 2.05) is 0 Å². The number of hydrogen-bond acceptors (Lipinski definition) is 4. The molecule has 1 fully saturated rings. The number of nitrogens with zero attached hydrogens (tertiary/aromatic N) is 1. The smallest absolute Gasteiger partial charge is 0.317 e. The zero-order valence-electron chi connectivity index (χ0n) is 11.9. The monoisotopic (exact) mass is 293 g/mol. The Morgan fingerprint density at radius 1 is 1.50 bits per heavy atom. The third kappa shape index (κ3) is 3.16. The number of ether oxygens (including phenoxy) is 1. The summed E-state index contributed by atoms with van der Waals surface area (Å²) in [5.74, 6) is -5.16. The molecule has 2 atom stereocenters. The maximum atomic E-state index is 13.9. The fourth-order valence-corrected chi connectivity index (χ4v) is 2.20. The van der Waals surface area contributed by atoms with Crippen molar-refractivity contribution in [1.82, 2.24) is 4.90 Å². The molecule has 0 amide bonds. The molecule has 0 aromatic rings. The summed E-state index contributed by atoms with van der Waals surface area (Å²) < 4.78 is 33.0. The van der Waals surface area contributed by atoms with Crippen LogP contribution in [-0.4, -0.2) is 52.1 Å². The fourth-order valence-electron chi connectivity index (χ4n) is 2.20. The Bertz CT molecular complexity index is 394. The Balaban J connectivity index is 2.92. The van der Waals surface area contributed by atoms with Crippen molar-refractivity contribution in [3.05, 3.63) is 12.7 Å². The molecule has 0 spiro atoms. The molecule has 20 heavy (non-hydrogen) atoms. The predicted octanol–water partition coefficient (Wildman–Crippen LogP) is 1.68. The SMILES string of the molecule is C=CC(F)(F)C1(C(=O)O)CCN(C(O)OC(C)(C)C)C1. The van der Waals surface area contributed by atoms with Gasteiger partial charge in [-0.3, -0.25) is 9.69 Å². The number of rotatable bonds is 5. The molecule has 0 saturated carbocycles. The molecule has 1 aliphatic rings. The van der Waals surface area contributed by atoms with Gasteiger partial charge in [0.15, 0.2) is 0 Å². The van der Waals surface area contributed by atoms with Gasteiger partial charge in [-0.1, -0.05) is 6.58 Å². The fraction of sp³-hybridized carbons (Fsp3) is 0.769. The van der Waals surface area contributed by atoms with Gasteiger partial charge in [-0.15, -0.1) is 0 Å². The maximum absolute atomic E-state index is 13.9. The Kier molecular flexibility index (Phi) is 4.58. The van der Waals surface area contributed by atoms with E-state index in [4.69, 9.17) is 4.74 Å². The molecule has 1 aliphatic heterocycles. The highest BCUT2D eigenvalue weighted by Gasteiger charge is 2.61. The molecule has 0 aromatic heterocycles. The molecule has 1 rings (SSSR count). The summed E-state index contributed by atoms with van der Waals surface area (Å²) in [5.41, 5.74) is -2.95. The molecule has 0 radical (unpaired) electrons. The molecular formula is C13H21F2NO4. The largest absolute Gasteiger partial charge is 0.481 e. The van der Waals surface area contributed by atoms with Crippen molar-refractivity contribution in [2.45, 2.75) is 45.1 Å². The lowest BCUT2D eigenvalue weighted by atomic mass is 9.80. The first-order valence-electron chi connectivity index (χ1n) is 6.30. The van der Waals surface area contributed by atoms with E-state index in [0.717, 1.165) is 0 Å². The minimum absolute atomic E-state index is 0.00692. The summed E-state index contributed by atoms with van der Waals surface area (Å²) in [4.78, 5) is 12.5. The zero-order valence-corrected chi connectivity index (χ0v) is 11.9. The maximum Gasteiger partial charge on any atom is 0.317 e. The van der Waals surface area contributed by atoms with Crippen LogP contribution >= 0.6 is 0 Å². The van der Waals surface area contributed by atoms with Crippen LogP contribution in [0.5, 0.6) is 0 Å². The van der Waals surface area contributed by atoms with Crippen molar-refractivity contribution < 1.29 is 28.5 Å². The lowest BCUT2D eigenvalue weighted by molar-refractivity contribution is -0.238. The third-order valence-corrected chi connectivity index (χ3v) is 3.37. The van der Waals surface area contributed by atoms with Gasteiger partial charge in [0.2, 0.25) is 6.41 Å². The molecule has 2 N–H and O–H groups in total. The number of likely N-dealkylation sites (tertiary alicyclic amines) is 1. The Morgan fingerprint density at radius 3 is 2.45 bits per heavy atom. The first kappa shape index (κ1) is 17.0. The number of aliphatic hydroxyl groups excluding tert-OH is 1. The average molecular weight is 293 g/mol. The first-order chi connectivity index (χ1) is 8.95. The molecule has 0 bridgehead atoms. The number of carboxylic acids is 1. The van der Waals surface area contributed by atoms with Crippen LogP contribution in [0.3, 0.4) is 0 Å². The number of allylic oxidation sites excluding steroid dienone is 1. The minimum atomic E-state index is -3.56. The number of carboxylic acid groups (broad SMARTS) is 1. The van der Waals surface area contributed by atoms with Crippen molar-refractivity contribution in [2.24, 2.45) is 5.41 Å². The summed E-state index contributed by atoms with van der Waals surface area (Å²) in [5, 5.41) is 19.1. The van der Waals surface area contributed by atoms with Crippen molar-refractivity contribution >= 4 is 5.97 Å².